The van der Waals surface area contributed by atoms with E-state index < -0.39 is 6.04 Å². The molecule has 0 radical (unpaired) electrons. The van der Waals surface area contributed by atoms with E-state index in [0.29, 0.717) is 24.3 Å². The van der Waals surface area contributed by atoms with Crippen molar-refractivity contribution in [2.45, 2.75) is 142 Å². The van der Waals surface area contributed by atoms with Crippen molar-refractivity contribution in [3.8, 4) is 22.9 Å². The highest BCUT2D eigenvalue weighted by Crippen LogP contribution is 2.23. The predicted molar refractivity (Wildman–Crippen MR) is 186 cm³/mol. The molecule has 0 fully saturated rings. The molecule has 6 heteroatoms. The minimum atomic E-state index is -0.541. The van der Waals surface area contributed by atoms with E-state index in [9.17, 15) is 9.59 Å². The highest BCUT2D eigenvalue weighted by atomic mass is 16.5. The summed E-state index contributed by atoms with van der Waals surface area (Å²) in [5.41, 5.74) is 2.62. The summed E-state index contributed by atoms with van der Waals surface area (Å²) in [5, 5.41) is 14.9. The lowest BCUT2D eigenvalue weighted by Crippen LogP contribution is -2.48. The first kappa shape index (κ1) is 37.9. The maximum atomic E-state index is 12.8. The Morgan fingerprint density at radius 1 is 0.667 bits per heavy atom. The molecule has 0 aliphatic heterocycles. The molecule has 2 rings (SSSR count). The number of amides is 2. The summed E-state index contributed by atoms with van der Waals surface area (Å²) in [4.78, 5) is 25.5. The lowest BCUT2D eigenvalue weighted by Gasteiger charge is -2.18. The number of hydrogen-bond acceptors (Lipinski definition) is 4. The van der Waals surface area contributed by atoms with Crippen LogP contribution in [0.15, 0.2) is 48.5 Å². The molecule has 0 saturated carbocycles. The van der Waals surface area contributed by atoms with Gasteiger partial charge < -0.3 is 15.4 Å². The molecule has 0 unspecified atom stereocenters. The summed E-state index contributed by atoms with van der Waals surface area (Å²) < 4.78 is 5.69. The Bertz CT molecular complexity index is 1090. The zero-order valence-corrected chi connectivity index (χ0v) is 28.2. The largest absolute Gasteiger partial charge is 0.484 e. The Labute approximate surface area is 273 Å². The molecule has 2 amide bonds. The first-order chi connectivity index (χ1) is 22.1. The number of nitrogens with zero attached hydrogens (tertiary/aromatic N) is 1. The van der Waals surface area contributed by atoms with Crippen LogP contribution < -0.4 is 15.4 Å². The third kappa shape index (κ3) is 17.7. The average molecular weight is 618 g/mol. The Kier molecular flexibility index (Phi) is 21.0. The van der Waals surface area contributed by atoms with E-state index >= 15 is 0 Å². The number of nitrogens with one attached hydrogen (secondary N) is 2. The zero-order valence-electron chi connectivity index (χ0n) is 28.2. The smallest absolute Gasteiger partial charge is 0.258 e. The second kappa shape index (κ2) is 24.9. The minimum Gasteiger partial charge on any atom is -0.484 e. The molecule has 1 atom stereocenters. The van der Waals surface area contributed by atoms with Gasteiger partial charge in [-0.25, -0.2) is 0 Å². The van der Waals surface area contributed by atoms with Crippen LogP contribution in [-0.4, -0.2) is 31.0 Å². The van der Waals surface area contributed by atoms with Gasteiger partial charge in [-0.15, -0.1) is 0 Å². The third-order valence-corrected chi connectivity index (χ3v) is 8.40. The van der Waals surface area contributed by atoms with E-state index in [1.54, 1.807) is 12.1 Å². The Morgan fingerprint density at radius 2 is 1.13 bits per heavy atom. The number of carbonyl (C=O) groups excluding carboxylic acids is 2. The Hall–Kier alpha value is -3.33. The average Bonchev–Trinajstić information content (AvgIpc) is 3.07. The number of hydrogen-bond donors (Lipinski definition) is 2. The van der Waals surface area contributed by atoms with Crippen LogP contribution in [0.25, 0.3) is 11.1 Å². The summed E-state index contributed by atoms with van der Waals surface area (Å²) in [5.74, 6) is 0.176. The molecule has 0 spiro atoms. The highest BCUT2D eigenvalue weighted by molar-refractivity contribution is 5.88. The van der Waals surface area contributed by atoms with Gasteiger partial charge in [-0.3, -0.25) is 9.59 Å². The van der Waals surface area contributed by atoms with Gasteiger partial charge >= 0.3 is 0 Å². The van der Waals surface area contributed by atoms with E-state index in [2.05, 4.69) is 30.6 Å². The zero-order chi connectivity index (χ0) is 32.4. The molecule has 0 aliphatic carbocycles. The molecule has 0 saturated heterocycles. The SMILES string of the molecule is CCCCCCCCCCCCCCCCCCNC(=O)[C@@H](CCCC)NC(=O)COc1ccc(-c2ccc(C#N)cc2)cc1. The number of carbonyl (C=O) groups is 2. The van der Waals surface area contributed by atoms with E-state index in [-0.39, 0.29) is 18.4 Å². The number of nitriles is 1. The molecule has 0 aliphatic rings. The van der Waals surface area contributed by atoms with E-state index in [4.69, 9.17) is 10.00 Å². The van der Waals surface area contributed by atoms with Gasteiger partial charge in [-0.05, 0) is 48.2 Å². The van der Waals surface area contributed by atoms with Gasteiger partial charge in [-0.2, -0.15) is 5.26 Å². The molecular weight excluding hydrogens is 558 g/mol. The Morgan fingerprint density at radius 3 is 1.62 bits per heavy atom. The van der Waals surface area contributed by atoms with Crippen molar-refractivity contribution in [1.29, 1.82) is 5.26 Å². The molecule has 248 valence electrons. The van der Waals surface area contributed by atoms with Crippen LogP contribution in [0, 0.1) is 11.3 Å². The lowest BCUT2D eigenvalue weighted by atomic mass is 10.0. The van der Waals surface area contributed by atoms with Gasteiger partial charge in [0.05, 0.1) is 11.6 Å². The van der Waals surface area contributed by atoms with Crippen molar-refractivity contribution >= 4 is 11.8 Å². The van der Waals surface area contributed by atoms with Crippen LogP contribution in [0.4, 0.5) is 0 Å². The summed E-state index contributed by atoms with van der Waals surface area (Å²) in [6.45, 7) is 4.86. The summed E-state index contributed by atoms with van der Waals surface area (Å²) in [7, 11) is 0. The van der Waals surface area contributed by atoms with Crippen LogP contribution in [0.1, 0.15) is 141 Å². The van der Waals surface area contributed by atoms with Gasteiger partial charge in [0.25, 0.3) is 5.91 Å². The standard InChI is InChI=1S/C39H59N3O3/c1-3-5-7-8-9-10-11-12-13-14-15-16-17-18-19-20-30-41-39(44)37(21-6-4-2)42-38(43)32-45-36-28-26-35(27-29-36)34-24-22-33(31-40)23-25-34/h22-29,37H,3-21,30,32H2,1-2H3,(H,41,44)(H,42,43)/t37-/m1/s1. The van der Waals surface area contributed by atoms with Crippen LogP contribution >= 0.6 is 0 Å². The number of ether oxygens (including phenoxy) is 1. The molecule has 6 nitrogen and oxygen atoms in total. The van der Waals surface area contributed by atoms with Crippen LogP contribution in [0.2, 0.25) is 0 Å². The number of unbranched alkanes of at least 4 members (excludes halogenated alkanes) is 16. The Balaban J connectivity index is 1.55. The van der Waals surface area contributed by atoms with Crippen molar-refractivity contribution in [3.63, 3.8) is 0 Å². The van der Waals surface area contributed by atoms with Gasteiger partial charge in [0, 0.05) is 6.54 Å². The van der Waals surface area contributed by atoms with E-state index in [1.807, 2.05) is 36.4 Å². The lowest BCUT2D eigenvalue weighted by molar-refractivity contribution is -0.130. The normalized spacial score (nSPS) is 11.5. The minimum absolute atomic E-state index is 0.107. The van der Waals surface area contributed by atoms with Crippen molar-refractivity contribution in [2.24, 2.45) is 0 Å². The second-order valence-electron chi connectivity index (χ2n) is 12.4. The van der Waals surface area contributed by atoms with E-state index in [1.165, 1.54) is 89.9 Å². The first-order valence-electron chi connectivity index (χ1n) is 17.9. The van der Waals surface area contributed by atoms with E-state index in [0.717, 1.165) is 36.8 Å². The van der Waals surface area contributed by atoms with Gasteiger partial charge in [0.15, 0.2) is 6.61 Å². The molecule has 2 N–H and O–H groups in total. The fourth-order valence-corrected chi connectivity index (χ4v) is 5.55. The van der Waals surface area contributed by atoms with Crippen molar-refractivity contribution in [2.75, 3.05) is 13.2 Å². The summed E-state index contributed by atoms with van der Waals surface area (Å²) >= 11 is 0. The monoisotopic (exact) mass is 617 g/mol. The summed E-state index contributed by atoms with van der Waals surface area (Å²) in [6.07, 6.45) is 23.7. The van der Waals surface area contributed by atoms with Crippen molar-refractivity contribution in [3.05, 3.63) is 54.1 Å². The highest BCUT2D eigenvalue weighted by Gasteiger charge is 2.20. The van der Waals surface area contributed by atoms with Gasteiger partial charge in [0.2, 0.25) is 5.91 Å². The maximum absolute atomic E-state index is 12.8. The molecular formula is C39H59N3O3. The molecule has 0 heterocycles. The molecule has 45 heavy (non-hydrogen) atoms. The molecule has 2 aromatic rings. The molecule has 0 aromatic heterocycles. The fourth-order valence-electron chi connectivity index (χ4n) is 5.55. The topological polar surface area (TPSA) is 91.2 Å². The number of benzene rings is 2. The maximum Gasteiger partial charge on any atom is 0.258 e. The van der Waals surface area contributed by atoms with Crippen molar-refractivity contribution in [1.82, 2.24) is 10.6 Å². The third-order valence-electron chi connectivity index (χ3n) is 8.40. The first-order valence-corrected chi connectivity index (χ1v) is 17.9. The molecule has 0 bridgehead atoms. The van der Waals surface area contributed by atoms with Crippen LogP contribution in [-0.2, 0) is 9.59 Å². The summed E-state index contributed by atoms with van der Waals surface area (Å²) in [6, 6.07) is 16.5. The van der Waals surface area contributed by atoms with Gasteiger partial charge in [-0.1, -0.05) is 147 Å². The van der Waals surface area contributed by atoms with Gasteiger partial charge in [0.1, 0.15) is 11.8 Å². The van der Waals surface area contributed by atoms with Crippen LogP contribution in [0.3, 0.4) is 0 Å². The van der Waals surface area contributed by atoms with Crippen LogP contribution in [0.5, 0.6) is 5.75 Å². The fraction of sp³-hybridized carbons (Fsp3) is 0.615. The van der Waals surface area contributed by atoms with Crippen molar-refractivity contribution < 1.29 is 14.3 Å². The molecule has 2 aromatic carbocycles. The second-order valence-corrected chi connectivity index (χ2v) is 12.4. The number of rotatable bonds is 26. The quantitative estimate of drug-likeness (QED) is 0.103. The predicted octanol–water partition coefficient (Wildman–Crippen LogP) is 9.66.